The van der Waals surface area contributed by atoms with Crippen molar-refractivity contribution in [3.05, 3.63) is 22.5 Å². The molecule has 1 aromatic rings. The number of ether oxygens (including phenoxy) is 2. The molecule has 0 saturated carbocycles. The van der Waals surface area contributed by atoms with Gasteiger partial charge in [-0.2, -0.15) is 0 Å². The van der Waals surface area contributed by atoms with Gasteiger partial charge in [-0.25, -0.2) is 4.79 Å². The van der Waals surface area contributed by atoms with Crippen molar-refractivity contribution in [1.82, 2.24) is 14.8 Å². The van der Waals surface area contributed by atoms with Crippen molar-refractivity contribution < 1.29 is 23.9 Å². The summed E-state index contributed by atoms with van der Waals surface area (Å²) in [5.41, 5.74) is 3.23. The molecule has 0 radical (unpaired) electrons. The highest BCUT2D eigenvalue weighted by Crippen LogP contribution is 2.23. The van der Waals surface area contributed by atoms with Gasteiger partial charge in [0.15, 0.2) is 0 Å². The summed E-state index contributed by atoms with van der Waals surface area (Å²) in [6.07, 6.45) is 2.41. The van der Waals surface area contributed by atoms with Crippen molar-refractivity contribution >= 4 is 17.8 Å². The van der Waals surface area contributed by atoms with Gasteiger partial charge in [-0.3, -0.25) is 9.59 Å². The van der Waals surface area contributed by atoms with Crippen LogP contribution in [-0.4, -0.2) is 78.6 Å². The molecule has 2 saturated heterocycles. The van der Waals surface area contributed by atoms with Crippen LogP contribution in [-0.2, 0) is 25.5 Å². The van der Waals surface area contributed by atoms with Gasteiger partial charge in [0, 0.05) is 44.2 Å². The molecular formula is C22H33N3O5. The average Bonchev–Trinajstić information content (AvgIpc) is 3.06. The Labute approximate surface area is 177 Å². The van der Waals surface area contributed by atoms with E-state index in [0.29, 0.717) is 64.5 Å². The van der Waals surface area contributed by atoms with Crippen LogP contribution in [0.2, 0.25) is 0 Å². The zero-order chi connectivity index (χ0) is 21.7. The number of aromatic nitrogens is 1. The number of likely N-dealkylation sites (tertiary alicyclic amines) is 1. The minimum Gasteiger partial charge on any atom is -0.461 e. The summed E-state index contributed by atoms with van der Waals surface area (Å²) in [5, 5.41) is 0. The number of aryl methyl sites for hydroxylation is 1. The first-order chi connectivity index (χ1) is 14.4. The summed E-state index contributed by atoms with van der Waals surface area (Å²) in [7, 11) is 0. The Kier molecular flexibility index (Phi) is 7.53. The topological polar surface area (TPSA) is 91.9 Å². The molecule has 0 atom stereocenters. The quantitative estimate of drug-likeness (QED) is 0.711. The van der Waals surface area contributed by atoms with Crippen molar-refractivity contribution in [2.75, 3.05) is 46.0 Å². The largest absolute Gasteiger partial charge is 0.461 e. The lowest BCUT2D eigenvalue weighted by molar-refractivity contribution is -0.143. The molecule has 2 amide bonds. The molecule has 2 fully saturated rings. The van der Waals surface area contributed by atoms with E-state index in [4.69, 9.17) is 9.47 Å². The molecule has 0 aromatic carbocycles. The number of morpholine rings is 1. The van der Waals surface area contributed by atoms with E-state index in [1.165, 1.54) is 0 Å². The molecule has 0 bridgehead atoms. The molecule has 0 unspecified atom stereocenters. The average molecular weight is 420 g/mol. The highest BCUT2D eigenvalue weighted by Gasteiger charge is 2.31. The summed E-state index contributed by atoms with van der Waals surface area (Å²) in [6, 6.07) is 0. The number of rotatable bonds is 6. The van der Waals surface area contributed by atoms with E-state index in [2.05, 4.69) is 4.98 Å². The lowest BCUT2D eigenvalue weighted by Crippen LogP contribution is -2.47. The molecule has 1 aromatic heterocycles. The fourth-order valence-electron chi connectivity index (χ4n) is 4.38. The van der Waals surface area contributed by atoms with E-state index in [1.54, 1.807) is 6.92 Å². The molecule has 166 valence electrons. The van der Waals surface area contributed by atoms with Gasteiger partial charge in [0.2, 0.25) is 11.8 Å². The van der Waals surface area contributed by atoms with Crippen LogP contribution in [0, 0.1) is 19.8 Å². The van der Waals surface area contributed by atoms with Crippen LogP contribution < -0.4 is 0 Å². The smallest absolute Gasteiger partial charge is 0.355 e. The van der Waals surface area contributed by atoms with Gasteiger partial charge in [0.05, 0.1) is 19.8 Å². The first-order valence-electron chi connectivity index (χ1n) is 10.9. The Hall–Kier alpha value is -2.35. The number of nitrogens with zero attached hydrogens (tertiary/aromatic N) is 2. The van der Waals surface area contributed by atoms with Crippen molar-refractivity contribution in [1.29, 1.82) is 0 Å². The van der Waals surface area contributed by atoms with Crippen LogP contribution in [0.1, 0.15) is 53.5 Å². The molecule has 0 spiro atoms. The zero-order valence-corrected chi connectivity index (χ0v) is 18.3. The molecule has 30 heavy (non-hydrogen) atoms. The fraction of sp³-hybridized carbons (Fsp3) is 0.682. The van der Waals surface area contributed by atoms with Crippen LogP contribution >= 0.6 is 0 Å². The summed E-state index contributed by atoms with van der Waals surface area (Å²) in [5.74, 6) is -0.0449. The van der Waals surface area contributed by atoms with Crippen LogP contribution in [0.4, 0.5) is 0 Å². The maximum Gasteiger partial charge on any atom is 0.355 e. The van der Waals surface area contributed by atoms with E-state index < -0.39 is 0 Å². The normalized spacial score (nSPS) is 17.8. The highest BCUT2D eigenvalue weighted by molar-refractivity contribution is 5.90. The SMILES string of the molecule is CCOC(=O)c1[nH]c(C)c(CCC(=O)N2CCC(C(=O)N3CCOCC3)CC2)c1C. The molecule has 2 aliphatic rings. The van der Waals surface area contributed by atoms with Gasteiger partial charge in [-0.1, -0.05) is 0 Å². The number of piperidine rings is 1. The Morgan fingerprint density at radius 2 is 1.73 bits per heavy atom. The Bertz CT molecular complexity index is 774. The van der Waals surface area contributed by atoms with Gasteiger partial charge < -0.3 is 24.3 Å². The fourth-order valence-corrected chi connectivity index (χ4v) is 4.38. The molecule has 2 aliphatic heterocycles. The number of amides is 2. The maximum absolute atomic E-state index is 12.7. The van der Waals surface area contributed by atoms with E-state index >= 15 is 0 Å². The number of nitrogens with one attached hydrogen (secondary N) is 1. The maximum atomic E-state index is 12.7. The van der Waals surface area contributed by atoms with Gasteiger partial charge in [-0.15, -0.1) is 0 Å². The number of aromatic amines is 1. The number of esters is 1. The van der Waals surface area contributed by atoms with E-state index in [9.17, 15) is 14.4 Å². The third-order valence-electron chi connectivity index (χ3n) is 6.18. The first kappa shape index (κ1) is 22.3. The number of carbonyl (C=O) groups is 3. The summed E-state index contributed by atoms with van der Waals surface area (Å²) in [6.45, 7) is 9.71. The Morgan fingerprint density at radius 1 is 1.07 bits per heavy atom. The van der Waals surface area contributed by atoms with Gasteiger partial charge >= 0.3 is 5.97 Å². The van der Waals surface area contributed by atoms with Gasteiger partial charge in [0.1, 0.15) is 5.69 Å². The Morgan fingerprint density at radius 3 is 2.37 bits per heavy atom. The predicted molar refractivity (Wildman–Crippen MR) is 111 cm³/mol. The van der Waals surface area contributed by atoms with Crippen LogP contribution in [0.15, 0.2) is 0 Å². The lowest BCUT2D eigenvalue weighted by atomic mass is 9.94. The van der Waals surface area contributed by atoms with Crippen LogP contribution in [0.3, 0.4) is 0 Å². The summed E-state index contributed by atoms with van der Waals surface area (Å²) in [4.78, 5) is 44.3. The highest BCUT2D eigenvalue weighted by atomic mass is 16.5. The van der Waals surface area contributed by atoms with Gasteiger partial charge in [0.25, 0.3) is 0 Å². The minimum absolute atomic E-state index is 0.00782. The van der Waals surface area contributed by atoms with Crippen molar-refractivity contribution in [3.8, 4) is 0 Å². The second-order valence-electron chi connectivity index (χ2n) is 8.04. The summed E-state index contributed by atoms with van der Waals surface area (Å²) >= 11 is 0. The van der Waals surface area contributed by atoms with E-state index in [-0.39, 0.29) is 23.7 Å². The Balaban J connectivity index is 1.49. The summed E-state index contributed by atoms with van der Waals surface area (Å²) < 4.78 is 10.4. The molecule has 3 rings (SSSR count). The molecular weight excluding hydrogens is 386 g/mol. The second kappa shape index (κ2) is 10.1. The molecule has 8 nitrogen and oxygen atoms in total. The molecule has 0 aliphatic carbocycles. The van der Waals surface area contributed by atoms with Crippen molar-refractivity contribution in [2.24, 2.45) is 5.92 Å². The van der Waals surface area contributed by atoms with E-state index in [1.807, 2.05) is 23.6 Å². The lowest BCUT2D eigenvalue weighted by Gasteiger charge is -2.35. The third-order valence-corrected chi connectivity index (χ3v) is 6.18. The molecule has 1 N–H and O–H groups in total. The zero-order valence-electron chi connectivity index (χ0n) is 18.3. The third kappa shape index (κ3) is 5.03. The number of H-pyrrole nitrogens is 1. The first-order valence-corrected chi connectivity index (χ1v) is 10.9. The van der Waals surface area contributed by atoms with E-state index in [0.717, 1.165) is 29.7 Å². The number of hydrogen-bond acceptors (Lipinski definition) is 5. The van der Waals surface area contributed by atoms with Crippen molar-refractivity contribution in [3.63, 3.8) is 0 Å². The molecule has 8 heteroatoms. The monoisotopic (exact) mass is 419 g/mol. The number of hydrogen-bond donors (Lipinski definition) is 1. The number of carbonyl (C=O) groups excluding carboxylic acids is 3. The van der Waals surface area contributed by atoms with Gasteiger partial charge in [-0.05, 0) is 51.2 Å². The standard InChI is InChI=1S/C22H33N3O5/c1-4-30-22(28)20-15(2)18(16(3)23-20)5-6-19(26)24-9-7-17(8-10-24)21(27)25-11-13-29-14-12-25/h17,23H,4-14H2,1-3H3. The van der Waals surface area contributed by atoms with Crippen molar-refractivity contribution in [2.45, 2.75) is 46.5 Å². The van der Waals surface area contributed by atoms with Crippen LogP contribution in [0.25, 0.3) is 0 Å². The second-order valence-corrected chi connectivity index (χ2v) is 8.04. The minimum atomic E-state index is -0.359. The van der Waals surface area contributed by atoms with Crippen LogP contribution in [0.5, 0.6) is 0 Å². The predicted octanol–water partition coefficient (Wildman–Crippen LogP) is 1.84. The molecule has 3 heterocycles.